The van der Waals surface area contributed by atoms with Crippen molar-refractivity contribution in [2.45, 2.75) is 0 Å². The van der Waals surface area contributed by atoms with E-state index in [9.17, 15) is 0 Å². The fourth-order valence-electron chi connectivity index (χ4n) is 3.27. The molecule has 4 aromatic carbocycles. The van der Waals surface area contributed by atoms with Crippen LogP contribution in [0.3, 0.4) is 0 Å². The molecule has 0 fully saturated rings. The number of tetrazole rings is 1. The van der Waals surface area contributed by atoms with Crippen molar-refractivity contribution in [1.82, 2.24) is 20.3 Å². The molecule has 0 radical (unpaired) electrons. The van der Waals surface area contributed by atoms with Gasteiger partial charge in [0.05, 0.1) is 6.21 Å². The summed E-state index contributed by atoms with van der Waals surface area (Å²) in [4.78, 5) is 1.39. The van der Waals surface area contributed by atoms with Gasteiger partial charge in [0.15, 0.2) is 0 Å². The van der Waals surface area contributed by atoms with E-state index in [-0.39, 0.29) is 0 Å². The van der Waals surface area contributed by atoms with Crippen molar-refractivity contribution in [2.24, 2.45) is 5.10 Å². The van der Waals surface area contributed by atoms with E-state index in [0.717, 1.165) is 32.8 Å². The number of nitrogens with zero attached hydrogens (tertiary/aromatic N) is 5. The van der Waals surface area contributed by atoms with Crippen LogP contribution in [-0.2, 0) is 0 Å². The summed E-state index contributed by atoms with van der Waals surface area (Å²) in [5.74, 6) is 0.452. The Morgan fingerprint density at radius 3 is 2.29 bits per heavy atom. The molecule has 0 aliphatic rings. The van der Waals surface area contributed by atoms with Crippen molar-refractivity contribution >= 4 is 39.4 Å². The summed E-state index contributed by atoms with van der Waals surface area (Å²) in [5, 5.41) is 24.1. The monoisotopic (exact) mass is 364 g/mol. The van der Waals surface area contributed by atoms with E-state index in [1.807, 2.05) is 48.5 Å². The Bertz CT molecular complexity index is 1290. The van der Waals surface area contributed by atoms with Crippen LogP contribution in [0.4, 0.5) is 11.6 Å². The molecule has 0 bridgehead atoms. The summed E-state index contributed by atoms with van der Waals surface area (Å²) >= 11 is 0. The maximum Gasteiger partial charge on any atom is 0.269 e. The molecule has 134 valence electrons. The second kappa shape index (κ2) is 6.92. The summed E-state index contributed by atoms with van der Waals surface area (Å²) in [7, 11) is 0. The Kier molecular flexibility index (Phi) is 3.99. The van der Waals surface area contributed by atoms with E-state index < -0.39 is 0 Å². The molecule has 1 aromatic heterocycles. The predicted octanol–water partition coefficient (Wildman–Crippen LogP) is 4.61. The van der Waals surface area contributed by atoms with Gasteiger partial charge < -0.3 is 5.32 Å². The van der Waals surface area contributed by atoms with Gasteiger partial charge in [0, 0.05) is 16.6 Å². The highest BCUT2D eigenvalue weighted by molar-refractivity contribution is 5.99. The van der Waals surface area contributed by atoms with Crippen LogP contribution in [-0.4, -0.2) is 26.5 Å². The molecule has 0 aliphatic carbocycles. The minimum atomic E-state index is 0.452. The van der Waals surface area contributed by atoms with Gasteiger partial charge in [0.25, 0.3) is 5.95 Å². The molecule has 0 amide bonds. The average Bonchev–Trinajstić information content (AvgIpc) is 3.19. The normalized spacial score (nSPS) is 11.4. The Morgan fingerprint density at radius 2 is 1.43 bits per heavy atom. The number of aromatic nitrogens is 4. The molecule has 6 heteroatoms. The molecule has 0 saturated heterocycles. The van der Waals surface area contributed by atoms with Crippen LogP contribution in [0.1, 0.15) is 5.56 Å². The minimum Gasteiger partial charge on any atom is -0.321 e. The first-order valence-corrected chi connectivity index (χ1v) is 8.94. The second-order valence-electron chi connectivity index (χ2n) is 6.36. The molecule has 0 atom stereocenters. The van der Waals surface area contributed by atoms with Crippen LogP contribution in [0.2, 0.25) is 0 Å². The smallest absolute Gasteiger partial charge is 0.269 e. The van der Waals surface area contributed by atoms with Gasteiger partial charge in [-0.15, -0.1) is 0 Å². The quantitative estimate of drug-likeness (QED) is 0.473. The molecule has 0 aliphatic heterocycles. The van der Waals surface area contributed by atoms with Crippen LogP contribution in [0.15, 0.2) is 90.0 Å². The van der Waals surface area contributed by atoms with Crippen LogP contribution in [0, 0.1) is 0 Å². The minimum absolute atomic E-state index is 0.452. The van der Waals surface area contributed by atoms with Crippen molar-refractivity contribution in [3.05, 3.63) is 90.5 Å². The second-order valence-corrected chi connectivity index (χ2v) is 6.36. The molecule has 28 heavy (non-hydrogen) atoms. The van der Waals surface area contributed by atoms with Crippen LogP contribution in [0.25, 0.3) is 21.5 Å². The molecule has 0 spiro atoms. The lowest BCUT2D eigenvalue weighted by Crippen LogP contribution is -2.02. The standard InChI is InChI=1S/C22H16N6/c1-3-12-19-16(7-1)9-5-11-18(19)15-23-28-22(25-26-27-28)24-21-14-6-10-17-8-2-4-13-20(17)21/h1-15H,(H,24,25,27). The van der Waals surface area contributed by atoms with E-state index in [1.54, 1.807) is 6.21 Å². The first kappa shape index (κ1) is 16.1. The fourth-order valence-corrected chi connectivity index (χ4v) is 3.27. The van der Waals surface area contributed by atoms with Crippen molar-refractivity contribution < 1.29 is 0 Å². The van der Waals surface area contributed by atoms with Crippen LogP contribution >= 0.6 is 0 Å². The highest BCUT2D eigenvalue weighted by atomic mass is 15.7. The summed E-state index contributed by atoms with van der Waals surface area (Å²) in [6, 6.07) is 28.5. The van der Waals surface area contributed by atoms with Gasteiger partial charge in [-0.1, -0.05) is 88.8 Å². The van der Waals surface area contributed by atoms with Crippen LogP contribution < -0.4 is 5.32 Å². The van der Waals surface area contributed by atoms with Crippen molar-refractivity contribution in [3.8, 4) is 0 Å². The Hall–Kier alpha value is -4.06. The molecule has 1 N–H and O–H groups in total. The Morgan fingerprint density at radius 1 is 0.750 bits per heavy atom. The molecule has 1 heterocycles. The van der Waals surface area contributed by atoms with E-state index in [1.165, 1.54) is 4.79 Å². The number of nitrogens with one attached hydrogen (secondary N) is 1. The van der Waals surface area contributed by atoms with Gasteiger partial charge in [-0.3, -0.25) is 0 Å². The number of hydrogen-bond acceptors (Lipinski definition) is 5. The SMILES string of the molecule is C(=Nn1nnnc1Nc1cccc2ccccc12)c1cccc2ccccc12. The van der Waals surface area contributed by atoms with Crippen molar-refractivity contribution in [1.29, 1.82) is 0 Å². The maximum absolute atomic E-state index is 4.46. The Balaban J connectivity index is 1.49. The molecule has 0 unspecified atom stereocenters. The topological polar surface area (TPSA) is 68.0 Å². The zero-order valence-electron chi connectivity index (χ0n) is 14.9. The van der Waals surface area contributed by atoms with Gasteiger partial charge in [-0.05, 0) is 32.7 Å². The molecule has 5 rings (SSSR count). The third-order valence-electron chi connectivity index (χ3n) is 4.62. The summed E-state index contributed by atoms with van der Waals surface area (Å²) in [6.45, 7) is 0. The van der Waals surface area contributed by atoms with E-state index >= 15 is 0 Å². The first-order chi connectivity index (χ1) is 13.9. The number of rotatable bonds is 4. The number of fused-ring (bicyclic) bond motifs is 2. The van der Waals surface area contributed by atoms with Crippen LogP contribution in [0.5, 0.6) is 0 Å². The summed E-state index contributed by atoms with van der Waals surface area (Å²) in [5.41, 5.74) is 1.93. The lowest BCUT2D eigenvalue weighted by Gasteiger charge is -2.07. The summed E-state index contributed by atoms with van der Waals surface area (Å²) in [6.07, 6.45) is 1.77. The lowest BCUT2D eigenvalue weighted by molar-refractivity contribution is 0.699. The largest absolute Gasteiger partial charge is 0.321 e. The number of anilines is 2. The van der Waals surface area contributed by atoms with Gasteiger partial charge in [0.1, 0.15) is 0 Å². The lowest BCUT2D eigenvalue weighted by atomic mass is 10.1. The zero-order valence-corrected chi connectivity index (χ0v) is 14.9. The van der Waals surface area contributed by atoms with Gasteiger partial charge in [-0.2, -0.15) is 5.10 Å². The highest BCUT2D eigenvalue weighted by Crippen LogP contribution is 2.25. The van der Waals surface area contributed by atoms with E-state index in [0.29, 0.717) is 5.95 Å². The van der Waals surface area contributed by atoms with Crippen molar-refractivity contribution in [2.75, 3.05) is 5.32 Å². The van der Waals surface area contributed by atoms with Gasteiger partial charge >= 0.3 is 0 Å². The maximum atomic E-state index is 4.46. The van der Waals surface area contributed by atoms with E-state index in [2.05, 4.69) is 62.3 Å². The Labute approximate surface area is 161 Å². The fraction of sp³-hybridized carbons (Fsp3) is 0. The average molecular weight is 364 g/mol. The molecular weight excluding hydrogens is 348 g/mol. The first-order valence-electron chi connectivity index (χ1n) is 8.94. The third kappa shape index (κ3) is 2.97. The third-order valence-corrected chi connectivity index (χ3v) is 4.62. The number of hydrogen-bond donors (Lipinski definition) is 1. The molecule has 6 nitrogen and oxygen atoms in total. The van der Waals surface area contributed by atoms with Gasteiger partial charge in [0.2, 0.25) is 0 Å². The highest BCUT2D eigenvalue weighted by Gasteiger charge is 2.07. The number of benzene rings is 4. The van der Waals surface area contributed by atoms with Gasteiger partial charge in [-0.25, -0.2) is 0 Å². The molecule has 0 saturated carbocycles. The summed E-state index contributed by atoms with van der Waals surface area (Å²) < 4.78 is 0. The molecule has 5 aromatic rings. The van der Waals surface area contributed by atoms with Crippen molar-refractivity contribution in [3.63, 3.8) is 0 Å². The molecular formula is C22H16N6. The predicted molar refractivity (Wildman–Crippen MR) is 112 cm³/mol. The zero-order chi connectivity index (χ0) is 18.8. The van der Waals surface area contributed by atoms with E-state index in [4.69, 9.17) is 0 Å².